The summed E-state index contributed by atoms with van der Waals surface area (Å²) in [4.78, 5) is 25.3. The third kappa shape index (κ3) is 4.28. The van der Waals surface area contributed by atoms with Crippen LogP contribution in [0.5, 0.6) is 0 Å². The molecule has 0 saturated heterocycles. The van der Waals surface area contributed by atoms with Gasteiger partial charge in [0.15, 0.2) is 0 Å². The fourth-order valence-corrected chi connectivity index (χ4v) is 3.72. The first-order valence-corrected chi connectivity index (χ1v) is 10.00. The van der Waals surface area contributed by atoms with Crippen LogP contribution in [0.25, 0.3) is 34.2 Å². The standard InChI is InChI=1S/C22H12N4O5S/c23-12-16(22-24-20(13-32-22)14-4-6-17(7-5-14)25(27)28)11-19-8-9-21(31-19)15-2-1-3-18(10-15)26(29)30/h1-11,13H/b16-11+. The van der Waals surface area contributed by atoms with Crippen molar-refractivity contribution >= 4 is 34.4 Å². The Hall–Kier alpha value is -4.62. The van der Waals surface area contributed by atoms with Crippen molar-refractivity contribution in [2.45, 2.75) is 0 Å². The lowest BCUT2D eigenvalue weighted by molar-refractivity contribution is -0.385. The van der Waals surface area contributed by atoms with Crippen LogP contribution in [0.2, 0.25) is 0 Å². The van der Waals surface area contributed by atoms with Crippen molar-refractivity contribution in [2.24, 2.45) is 0 Å². The number of hydrogen-bond acceptors (Lipinski definition) is 8. The molecule has 10 heteroatoms. The van der Waals surface area contributed by atoms with Crippen LogP contribution in [0.3, 0.4) is 0 Å². The molecule has 156 valence electrons. The number of allylic oxidation sites excluding steroid dienone is 1. The Morgan fingerprint density at radius 1 is 1.00 bits per heavy atom. The molecule has 32 heavy (non-hydrogen) atoms. The Labute approximate surface area is 184 Å². The summed E-state index contributed by atoms with van der Waals surface area (Å²) in [5.41, 5.74) is 2.06. The van der Waals surface area contributed by atoms with Crippen LogP contribution in [0.1, 0.15) is 10.8 Å². The summed E-state index contributed by atoms with van der Waals surface area (Å²) in [6, 6.07) is 17.5. The van der Waals surface area contributed by atoms with Crippen LogP contribution in [-0.2, 0) is 0 Å². The van der Waals surface area contributed by atoms with Gasteiger partial charge in [-0.1, -0.05) is 12.1 Å². The minimum atomic E-state index is -0.480. The van der Waals surface area contributed by atoms with Gasteiger partial charge in [-0.15, -0.1) is 11.3 Å². The van der Waals surface area contributed by atoms with E-state index in [4.69, 9.17) is 4.42 Å². The molecular formula is C22H12N4O5S. The van der Waals surface area contributed by atoms with Crippen molar-refractivity contribution in [2.75, 3.05) is 0 Å². The number of nitro benzene ring substituents is 2. The fourth-order valence-electron chi connectivity index (χ4n) is 2.93. The molecule has 0 atom stereocenters. The lowest BCUT2D eigenvalue weighted by Gasteiger charge is -1.97. The van der Waals surface area contributed by atoms with Crippen molar-refractivity contribution < 1.29 is 14.3 Å². The number of non-ortho nitro benzene ring substituents is 2. The van der Waals surface area contributed by atoms with Gasteiger partial charge in [0.2, 0.25) is 0 Å². The van der Waals surface area contributed by atoms with Gasteiger partial charge in [-0.25, -0.2) is 4.98 Å². The smallest absolute Gasteiger partial charge is 0.270 e. The topological polar surface area (TPSA) is 136 Å². The second-order valence-electron chi connectivity index (χ2n) is 6.52. The third-order valence-electron chi connectivity index (χ3n) is 4.48. The highest BCUT2D eigenvalue weighted by molar-refractivity contribution is 7.11. The highest BCUT2D eigenvalue weighted by Crippen LogP contribution is 2.30. The van der Waals surface area contributed by atoms with Gasteiger partial charge in [-0.05, 0) is 24.3 Å². The lowest BCUT2D eigenvalue weighted by Crippen LogP contribution is -1.87. The molecule has 0 unspecified atom stereocenters. The summed E-state index contributed by atoms with van der Waals surface area (Å²) >= 11 is 1.26. The van der Waals surface area contributed by atoms with E-state index in [1.165, 1.54) is 35.6 Å². The van der Waals surface area contributed by atoms with E-state index in [0.29, 0.717) is 33.3 Å². The van der Waals surface area contributed by atoms with Crippen molar-refractivity contribution in [3.05, 3.63) is 97.0 Å². The Bertz CT molecular complexity index is 1400. The number of aromatic nitrogens is 1. The summed E-state index contributed by atoms with van der Waals surface area (Å²) in [5.74, 6) is 0.832. The molecule has 0 radical (unpaired) electrons. The normalized spacial score (nSPS) is 11.2. The Morgan fingerprint density at radius 2 is 1.75 bits per heavy atom. The van der Waals surface area contributed by atoms with E-state index in [0.717, 1.165) is 0 Å². The molecule has 0 spiro atoms. The van der Waals surface area contributed by atoms with E-state index >= 15 is 0 Å². The molecule has 2 aromatic carbocycles. The van der Waals surface area contributed by atoms with Crippen molar-refractivity contribution in [3.63, 3.8) is 0 Å². The minimum Gasteiger partial charge on any atom is -0.457 e. The molecule has 0 aliphatic carbocycles. The maximum atomic E-state index is 11.0. The zero-order valence-electron chi connectivity index (χ0n) is 16.2. The Balaban J connectivity index is 1.59. The molecule has 4 aromatic rings. The lowest BCUT2D eigenvalue weighted by atomic mass is 10.1. The van der Waals surface area contributed by atoms with E-state index in [1.54, 1.807) is 47.9 Å². The predicted molar refractivity (Wildman–Crippen MR) is 118 cm³/mol. The van der Waals surface area contributed by atoms with E-state index in [1.807, 2.05) is 0 Å². The maximum absolute atomic E-state index is 11.0. The number of hydrogen-bond donors (Lipinski definition) is 0. The van der Waals surface area contributed by atoms with Gasteiger partial charge in [0.1, 0.15) is 22.6 Å². The summed E-state index contributed by atoms with van der Waals surface area (Å²) in [7, 11) is 0. The average Bonchev–Trinajstić information content (AvgIpc) is 3.47. The van der Waals surface area contributed by atoms with Crippen molar-refractivity contribution in [1.29, 1.82) is 5.26 Å². The number of nitriles is 1. The number of nitrogens with zero attached hydrogens (tertiary/aromatic N) is 4. The molecule has 2 heterocycles. The monoisotopic (exact) mass is 444 g/mol. The predicted octanol–water partition coefficient (Wildman–Crippen LogP) is 5.95. The molecule has 9 nitrogen and oxygen atoms in total. The summed E-state index contributed by atoms with van der Waals surface area (Å²) in [6.45, 7) is 0. The number of rotatable bonds is 6. The first kappa shape index (κ1) is 20.6. The van der Waals surface area contributed by atoms with Gasteiger partial charge in [-0.2, -0.15) is 5.26 Å². The van der Waals surface area contributed by atoms with Crippen LogP contribution < -0.4 is 0 Å². The molecule has 0 fully saturated rings. The molecule has 0 bridgehead atoms. The molecular weight excluding hydrogens is 432 g/mol. The van der Waals surface area contributed by atoms with Gasteiger partial charge in [0.05, 0.1) is 21.1 Å². The zero-order valence-corrected chi connectivity index (χ0v) is 17.0. The molecule has 0 amide bonds. The highest BCUT2D eigenvalue weighted by atomic mass is 32.1. The molecule has 0 aliphatic heterocycles. The maximum Gasteiger partial charge on any atom is 0.270 e. The largest absolute Gasteiger partial charge is 0.457 e. The van der Waals surface area contributed by atoms with Crippen molar-refractivity contribution in [3.8, 4) is 28.7 Å². The second kappa shape index (κ2) is 8.63. The summed E-state index contributed by atoms with van der Waals surface area (Å²) in [5, 5.41) is 33.6. The van der Waals surface area contributed by atoms with E-state index in [9.17, 15) is 25.5 Å². The third-order valence-corrected chi connectivity index (χ3v) is 5.36. The van der Waals surface area contributed by atoms with E-state index in [2.05, 4.69) is 11.1 Å². The Morgan fingerprint density at radius 3 is 2.44 bits per heavy atom. The van der Waals surface area contributed by atoms with E-state index < -0.39 is 9.85 Å². The molecule has 0 N–H and O–H groups in total. The average molecular weight is 444 g/mol. The van der Waals surface area contributed by atoms with Gasteiger partial charge >= 0.3 is 0 Å². The fraction of sp³-hybridized carbons (Fsp3) is 0. The Kier molecular flexibility index (Phi) is 5.57. The van der Waals surface area contributed by atoms with Crippen molar-refractivity contribution in [1.82, 2.24) is 4.98 Å². The van der Waals surface area contributed by atoms with Crippen LogP contribution in [0, 0.1) is 31.6 Å². The van der Waals surface area contributed by atoms with E-state index in [-0.39, 0.29) is 16.9 Å². The summed E-state index contributed by atoms with van der Waals surface area (Å²) in [6.07, 6.45) is 1.54. The van der Waals surface area contributed by atoms with Gasteiger partial charge in [0, 0.05) is 46.8 Å². The van der Waals surface area contributed by atoms with Crippen LogP contribution in [0.4, 0.5) is 11.4 Å². The quantitative estimate of drug-likeness (QED) is 0.203. The first-order valence-electron chi connectivity index (χ1n) is 9.12. The molecule has 4 rings (SSSR count). The molecule has 0 aliphatic rings. The molecule has 0 saturated carbocycles. The number of furan rings is 1. The number of nitro groups is 2. The first-order chi connectivity index (χ1) is 15.4. The van der Waals surface area contributed by atoms with Crippen LogP contribution in [-0.4, -0.2) is 14.8 Å². The minimum absolute atomic E-state index is 0.0146. The van der Waals surface area contributed by atoms with Gasteiger partial charge in [-0.3, -0.25) is 20.2 Å². The second-order valence-corrected chi connectivity index (χ2v) is 7.38. The summed E-state index contributed by atoms with van der Waals surface area (Å²) < 4.78 is 5.75. The van der Waals surface area contributed by atoms with Crippen LogP contribution in [0.15, 0.2) is 70.5 Å². The van der Waals surface area contributed by atoms with Crippen LogP contribution >= 0.6 is 11.3 Å². The number of thiazole rings is 1. The zero-order chi connectivity index (χ0) is 22.7. The SMILES string of the molecule is N#C/C(=C\c1ccc(-c2cccc([N+](=O)[O-])c2)o1)c1nc(-c2ccc([N+](=O)[O-])cc2)cs1. The highest BCUT2D eigenvalue weighted by Gasteiger charge is 2.13. The van der Waals surface area contributed by atoms with Gasteiger partial charge < -0.3 is 4.42 Å². The van der Waals surface area contributed by atoms with Gasteiger partial charge in [0.25, 0.3) is 11.4 Å². The molecule has 2 aromatic heterocycles. The number of benzene rings is 2.